The molecule has 0 atom stereocenters. The number of aromatic carboxylic acids is 2. The van der Waals surface area contributed by atoms with Crippen LogP contribution in [0.2, 0.25) is 0 Å². The van der Waals surface area contributed by atoms with Crippen LogP contribution in [0.25, 0.3) is 10.9 Å². The van der Waals surface area contributed by atoms with Crippen molar-refractivity contribution in [3.05, 3.63) is 35.8 Å². The minimum Gasteiger partial charge on any atom is -0.478 e. The molecule has 0 saturated carbocycles. The zero-order chi connectivity index (χ0) is 11.7. The molecule has 2 N–H and O–H groups in total. The smallest absolute Gasteiger partial charge is 0.373 e. The minimum atomic E-state index is -1.25. The van der Waals surface area contributed by atoms with Crippen molar-refractivity contribution in [3.8, 4) is 0 Å². The normalized spacial score (nSPS) is 10.2. The van der Waals surface area contributed by atoms with Gasteiger partial charge in [-0.2, -0.15) is 0 Å². The van der Waals surface area contributed by atoms with Crippen LogP contribution in [0.4, 0.5) is 0 Å². The molecule has 0 unspecified atom stereocenters. The third-order valence-corrected chi connectivity index (χ3v) is 2.02. The maximum absolute atomic E-state index is 10.7. The molecule has 6 heteroatoms. The summed E-state index contributed by atoms with van der Waals surface area (Å²) in [6, 6.07) is 4.25. The Morgan fingerprint density at radius 3 is 2.50 bits per heavy atom. The molecule has 0 aliphatic carbocycles. The zero-order valence-electron chi connectivity index (χ0n) is 7.91. The van der Waals surface area contributed by atoms with E-state index >= 15 is 0 Å². The van der Waals surface area contributed by atoms with E-state index < -0.39 is 11.9 Å². The summed E-state index contributed by atoms with van der Waals surface area (Å²) in [6.07, 6.45) is 1.34. The first-order valence-corrected chi connectivity index (χ1v) is 4.31. The maximum Gasteiger partial charge on any atom is 0.373 e. The van der Waals surface area contributed by atoms with Gasteiger partial charge in [0.2, 0.25) is 5.82 Å². The number of carbonyl (C=O) groups is 2. The third-order valence-electron chi connectivity index (χ3n) is 2.02. The first kappa shape index (κ1) is 10.0. The molecule has 0 spiro atoms. The van der Waals surface area contributed by atoms with Gasteiger partial charge in [0.15, 0.2) is 0 Å². The molecule has 1 aromatic heterocycles. The molecule has 0 fully saturated rings. The van der Waals surface area contributed by atoms with Crippen molar-refractivity contribution in [2.75, 3.05) is 0 Å². The van der Waals surface area contributed by atoms with Gasteiger partial charge in [0.1, 0.15) is 0 Å². The molecule has 2 aromatic rings. The molecule has 0 aliphatic rings. The van der Waals surface area contributed by atoms with E-state index in [1.807, 2.05) is 0 Å². The molecule has 6 nitrogen and oxygen atoms in total. The predicted octanol–water partition coefficient (Wildman–Crippen LogP) is 1.03. The number of carboxylic acids is 2. The van der Waals surface area contributed by atoms with E-state index in [-0.39, 0.29) is 11.4 Å². The molecule has 16 heavy (non-hydrogen) atoms. The number of hydrogen-bond acceptors (Lipinski definition) is 4. The summed E-state index contributed by atoms with van der Waals surface area (Å²) in [7, 11) is 0. The highest BCUT2D eigenvalue weighted by Crippen LogP contribution is 2.13. The summed E-state index contributed by atoms with van der Waals surface area (Å²) < 4.78 is 0. The lowest BCUT2D eigenvalue weighted by molar-refractivity contribution is 0.0679. The quantitative estimate of drug-likeness (QED) is 0.780. The van der Waals surface area contributed by atoms with Crippen LogP contribution < -0.4 is 0 Å². The van der Waals surface area contributed by atoms with Crippen molar-refractivity contribution in [2.45, 2.75) is 0 Å². The van der Waals surface area contributed by atoms with Crippen LogP contribution in [0.3, 0.4) is 0 Å². The topological polar surface area (TPSA) is 100 Å². The van der Waals surface area contributed by atoms with Crippen LogP contribution in [-0.2, 0) is 0 Å². The Labute approximate surface area is 89.2 Å². The molecule has 0 saturated heterocycles. The van der Waals surface area contributed by atoms with Crippen LogP contribution in [-0.4, -0.2) is 32.1 Å². The standard InChI is InChI=1S/C10H6N2O4/c13-9(14)5-1-2-6-4-11-8(10(15)16)12-7(6)3-5/h1-4H,(H,13,14)(H,15,16). The van der Waals surface area contributed by atoms with Crippen LogP contribution in [0.15, 0.2) is 24.4 Å². The van der Waals surface area contributed by atoms with E-state index in [1.54, 1.807) is 0 Å². The number of fused-ring (bicyclic) bond motifs is 1. The predicted molar refractivity (Wildman–Crippen MR) is 53.5 cm³/mol. The Bertz CT molecular complexity index is 546. The van der Waals surface area contributed by atoms with Crippen molar-refractivity contribution in [1.29, 1.82) is 0 Å². The lowest BCUT2D eigenvalue weighted by Crippen LogP contribution is -2.04. The zero-order valence-corrected chi connectivity index (χ0v) is 7.91. The molecule has 0 radical (unpaired) electrons. The van der Waals surface area contributed by atoms with Gasteiger partial charge in [0, 0.05) is 11.6 Å². The largest absolute Gasteiger partial charge is 0.478 e. The summed E-state index contributed by atoms with van der Waals surface area (Å²) >= 11 is 0. The van der Waals surface area contributed by atoms with Gasteiger partial charge in [-0.15, -0.1) is 0 Å². The van der Waals surface area contributed by atoms with Crippen LogP contribution in [0, 0.1) is 0 Å². The fraction of sp³-hybridized carbons (Fsp3) is 0. The van der Waals surface area contributed by atoms with Crippen molar-refractivity contribution in [2.24, 2.45) is 0 Å². The summed E-state index contributed by atoms with van der Waals surface area (Å²) in [5, 5.41) is 18.0. The average Bonchev–Trinajstić information content (AvgIpc) is 2.27. The van der Waals surface area contributed by atoms with E-state index in [9.17, 15) is 9.59 Å². The molecule has 0 bridgehead atoms. The molecular weight excluding hydrogens is 212 g/mol. The molecule has 80 valence electrons. The summed E-state index contributed by atoms with van der Waals surface area (Å²) in [4.78, 5) is 28.7. The Balaban J connectivity index is 2.65. The van der Waals surface area contributed by atoms with E-state index in [1.165, 1.54) is 24.4 Å². The fourth-order valence-electron chi connectivity index (χ4n) is 1.26. The van der Waals surface area contributed by atoms with Gasteiger partial charge in [0.25, 0.3) is 0 Å². The van der Waals surface area contributed by atoms with E-state index in [4.69, 9.17) is 10.2 Å². The second kappa shape index (κ2) is 3.58. The highest BCUT2D eigenvalue weighted by atomic mass is 16.4. The highest BCUT2D eigenvalue weighted by molar-refractivity contribution is 5.94. The first-order valence-electron chi connectivity index (χ1n) is 4.31. The number of benzene rings is 1. The van der Waals surface area contributed by atoms with Gasteiger partial charge < -0.3 is 10.2 Å². The molecule has 1 aromatic carbocycles. The SMILES string of the molecule is O=C(O)c1ccc2cnc(C(=O)O)nc2c1. The molecule has 0 amide bonds. The van der Waals surface area contributed by atoms with Gasteiger partial charge in [0.05, 0.1) is 11.1 Å². The average molecular weight is 218 g/mol. The Morgan fingerprint density at radius 2 is 1.88 bits per heavy atom. The van der Waals surface area contributed by atoms with Crippen molar-refractivity contribution in [3.63, 3.8) is 0 Å². The highest BCUT2D eigenvalue weighted by Gasteiger charge is 2.09. The van der Waals surface area contributed by atoms with Gasteiger partial charge in [-0.25, -0.2) is 19.6 Å². The Morgan fingerprint density at radius 1 is 1.12 bits per heavy atom. The fourth-order valence-corrected chi connectivity index (χ4v) is 1.26. The minimum absolute atomic E-state index is 0.0579. The van der Waals surface area contributed by atoms with Crippen LogP contribution in [0.1, 0.15) is 21.0 Å². The molecule has 2 rings (SSSR count). The van der Waals surface area contributed by atoms with Gasteiger partial charge >= 0.3 is 11.9 Å². The van der Waals surface area contributed by atoms with Gasteiger partial charge in [-0.3, -0.25) is 0 Å². The third kappa shape index (κ3) is 1.68. The lowest BCUT2D eigenvalue weighted by atomic mass is 10.1. The first-order chi connectivity index (χ1) is 7.58. The van der Waals surface area contributed by atoms with E-state index in [2.05, 4.69) is 9.97 Å². The monoisotopic (exact) mass is 218 g/mol. The maximum atomic E-state index is 10.7. The number of aromatic nitrogens is 2. The molecule has 0 aliphatic heterocycles. The second-order valence-corrected chi connectivity index (χ2v) is 3.08. The van der Waals surface area contributed by atoms with Crippen molar-refractivity contribution in [1.82, 2.24) is 9.97 Å². The van der Waals surface area contributed by atoms with Crippen molar-refractivity contribution < 1.29 is 19.8 Å². The van der Waals surface area contributed by atoms with Gasteiger partial charge in [-0.05, 0) is 12.1 Å². The number of rotatable bonds is 2. The summed E-state index contributed by atoms with van der Waals surface area (Å²) in [6.45, 7) is 0. The number of carboxylic acid groups (broad SMARTS) is 2. The lowest BCUT2D eigenvalue weighted by Gasteiger charge is -1.99. The van der Waals surface area contributed by atoms with E-state index in [0.29, 0.717) is 10.9 Å². The van der Waals surface area contributed by atoms with Gasteiger partial charge in [-0.1, -0.05) is 6.07 Å². The number of nitrogens with zero attached hydrogens (tertiary/aromatic N) is 2. The summed E-state index contributed by atoms with van der Waals surface area (Å²) in [5.74, 6) is -2.69. The van der Waals surface area contributed by atoms with E-state index in [0.717, 1.165) is 0 Å². The van der Waals surface area contributed by atoms with Crippen LogP contribution >= 0.6 is 0 Å². The van der Waals surface area contributed by atoms with Crippen molar-refractivity contribution >= 4 is 22.8 Å². The molecular formula is C10H6N2O4. The summed E-state index contributed by atoms with van der Waals surface area (Å²) in [5.41, 5.74) is 0.356. The Kier molecular flexibility index (Phi) is 2.24. The Hall–Kier alpha value is -2.50. The second-order valence-electron chi connectivity index (χ2n) is 3.08. The number of hydrogen-bond donors (Lipinski definition) is 2. The molecule has 1 heterocycles. The van der Waals surface area contributed by atoms with Crippen LogP contribution in [0.5, 0.6) is 0 Å².